The van der Waals surface area contributed by atoms with Crippen molar-refractivity contribution in [1.29, 1.82) is 0 Å². The number of aliphatic carboxylic acids is 1. The third kappa shape index (κ3) is 4.83. The molecule has 0 bridgehead atoms. The number of amides is 2. The van der Waals surface area contributed by atoms with Crippen molar-refractivity contribution in [2.24, 2.45) is 5.16 Å². The largest absolute Gasteiger partial charge is 0.477 e. The van der Waals surface area contributed by atoms with Crippen molar-refractivity contribution in [2.45, 2.75) is 22.7 Å². The number of carbonyl (C=O) groups excluding carboxylic acids is 2. The Morgan fingerprint density at radius 1 is 1.47 bits per heavy atom. The topological polar surface area (TPSA) is 186 Å². The summed E-state index contributed by atoms with van der Waals surface area (Å²) in [7, 11) is 0. The highest BCUT2D eigenvalue weighted by Crippen LogP contribution is 2.41. The molecular weight excluding hydrogens is 504 g/mol. The third-order valence-corrected chi connectivity index (χ3v) is 7.92. The summed E-state index contributed by atoms with van der Waals surface area (Å²) >= 11 is 4.06. The monoisotopic (exact) mass is 522 g/mol. The predicted molar refractivity (Wildman–Crippen MR) is 125 cm³/mol. The zero-order chi connectivity index (χ0) is 24.2. The first-order valence-electron chi connectivity index (χ1n) is 9.79. The van der Waals surface area contributed by atoms with Crippen molar-refractivity contribution in [1.82, 2.24) is 30.4 Å². The first-order chi connectivity index (χ1) is 16.4. The molecule has 16 heteroatoms. The van der Waals surface area contributed by atoms with Gasteiger partial charge in [0.25, 0.3) is 11.8 Å². The molecule has 1 fully saturated rings. The van der Waals surface area contributed by atoms with Crippen LogP contribution in [0.1, 0.15) is 12.7 Å². The van der Waals surface area contributed by atoms with Crippen LogP contribution in [0.5, 0.6) is 0 Å². The van der Waals surface area contributed by atoms with Gasteiger partial charge in [0.15, 0.2) is 10.2 Å². The standard InChI is InChI=1S/C18H18N8O5S3/c1-2-31-25-10(13-20-4-3-9(19)22-13)14(27)23-11-15(28)26-12(17(29)30)8(5-32-16(11)26)6-33-18-24-21-7-34-18/h3-4,7,11,16H,2,5-6H2,1H3,(H,23,27)(H,29,30)(H2,19,20,22)/b25-10+/t11?,16-/m1/s1. The molecule has 34 heavy (non-hydrogen) atoms. The number of aromatic nitrogens is 4. The average molecular weight is 523 g/mol. The Balaban J connectivity index is 1.50. The molecule has 0 saturated carbocycles. The summed E-state index contributed by atoms with van der Waals surface area (Å²) < 4.78 is 0.703. The molecule has 2 aliphatic rings. The van der Waals surface area contributed by atoms with Crippen LogP contribution in [0.4, 0.5) is 5.82 Å². The lowest BCUT2D eigenvalue weighted by molar-refractivity contribution is -0.150. The van der Waals surface area contributed by atoms with E-state index in [0.29, 0.717) is 21.4 Å². The number of carbonyl (C=O) groups is 3. The van der Waals surface area contributed by atoms with Crippen LogP contribution in [-0.4, -0.2) is 83.2 Å². The van der Waals surface area contributed by atoms with Gasteiger partial charge in [-0.3, -0.25) is 14.5 Å². The lowest BCUT2D eigenvalue weighted by atomic mass is 10.0. The lowest BCUT2D eigenvalue weighted by Gasteiger charge is -2.49. The fraction of sp³-hybridized carbons (Fsp3) is 0.333. The van der Waals surface area contributed by atoms with Crippen LogP contribution in [0.3, 0.4) is 0 Å². The SMILES string of the molecule is CCO/N=C(/C(=O)NC1C(=O)N2C(C(=O)O)=C(CSc3nncs3)CS[C@H]12)c1nccc(N)n1. The van der Waals surface area contributed by atoms with Crippen molar-refractivity contribution in [2.75, 3.05) is 23.8 Å². The van der Waals surface area contributed by atoms with Gasteiger partial charge in [-0.2, -0.15) is 0 Å². The number of fused-ring (bicyclic) bond motifs is 1. The van der Waals surface area contributed by atoms with Gasteiger partial charge in [-0.25, -0.2) is 14.8 Å². The molecule has 2 atom stereocenters. The molecule has 2 aromatic rings. The van der Waals surface area contributed by atoms with Gasteiger partial charge in [0, 0.05) is 17.7 Å². The Morgan fingerprint density at radius 3 is 2.97 bits per heavy atom. The molecule has 4 rings (SSSR count). The summed E-state index contributed by atoms with van der Waals surface area (Å²) in [6, 6.07) is 0.504. The van der Waals surface area contributed by atoms with Crippen molar-refractivity contribution >= 4 is 64.2 Å². The number of carboxylic acid groups (broad SMARTS) is 1. The van der Waals surface area contributed by atoms with E-state index in [0.717, 1.165) is 0 Å². The molecule has 4 heterocycles. The molecule has 2 aromatic heterocycles. The van der Waals surface area contributed by atoms with E-state index >= 15 is 0 Å². The van der Waals surface area contributed by atoms with Gasteiger partial charge in [-0.05, 0) is 18.6 Å². The van der Waals surface area contributed by atoms with Gasteiger partial charge in [-0.1, -0.05) is 28.3 Å². The fourth-order valence-corrected chi connectivity index (χ4v) is 6.15. The minimum atomic E-state index is -1.21. The van der Waals surface area contributed by atoms with Crippen LogP contribution >= 0.6 is 34.9 Å². The number of nitrogen functional groups attached to an aromatic ring is 1. The number of thioether (sulfide) groups is 2. The predicted octanol–water partition coefficient (Wildman–Crippen LogP) is 0.182. The van der Waals surface area contributed by atoms with Crippen molar-refractivity contribution in [3.63, 3.8) is 0 Å². The van der Waals surface area contributed by atoms with Gasteiger partial charge >= 0.3 is 5.97 Å². The highest BCUT2D eigenvalue weighted by atomic mass is 32.2. The number of β-lactam (4-membered cyclic amide) rings is 1. The second-order valence-corrected chi connectivity index (χ2v) is 9.94. The first-order valence-corrected chi connectivity index (χ1v) is 12.7. The second kappa shape index (κ2) is 10.4. The molecule has 0 aliphatic carbocycles. The molecule has 178 valence electrons. The average Bonchev–Trinajstić information content (AvgIpc) is 3.34. The van der Waals surface area contributed by atoms with E-state index in [4.69, 9.17) is 10.6 Å². The molecule has 0 spiro atoms. The number of anilines is 1. The first kappa shape index (κ1) is 23.9. The summed E-state index contributed by atoms with van der Waals surface area (Å²) in [4.78, 5) is 52.0. The molecule has 0 aromatic carbocycles. The van der Waals surface area contributed by atoms with E-state index in [9.17, 15) is 19.5 Å². The molecule has 0 radical (unpaired) electrons. The molecule has 1 saturated heterocycles. The number of nitrogens with one attached hydrogen (secondary N) is 1. The van der Waals surface area contributed by atoms with Crippen LogP contribution in [-0.2, 0) is 19.2 Å². The highest BCUT2D eigenvalue weighted by molar-refractivity contribution is 8.01. The molecule has 1 unspecified atom stereocenters. The number of nitrogens with two attached hydrogens (primary N) is 1. The Bertz CT molecular complexity index is 1170. The molecule has 2 aliphatic heterocycles. The summed E-state index contributed by atoms with van der Waals surface area (Å²) in [6.45, 7) is 1.88. The minimum absolute atomic E-state index is 0.0621. The second-order valence-electron chi connectivity index (χ2n) is 6.77. The Hall–Kier alpha value is -3.24. The quantitative estimate of drug-likeness (QED) is 0.176. The van der Waals surface area contributed by atoms with Crippen molar-refractivity contribution in [3.05, 3.63) is 34.9 Å². The van der Waals surface area contributed by atoms with Crippen LogP contribution in [0.25, 0.3) is 0 Å². The summed E-state index contributed by atoms with van der Waals surface area (Å²) in [5.74, 6) is -1.68. The smallest absolute Gasteiger partial charge is 0.352 e. The number of hydrogen-bond donors (Lipinski definition) is 3. The van der Waals surface area contributed by atoms with E-state index in [1.165, 1.54) is 52.0 Å². The summed E-state index contributed by atoms with van der Waals surface area (Å²) in [5, 5.41) is 23.3. The summed E-state index contributed by atoms with van der Waals surface area (Å²) in [6.07, 6.45) is 1.37. The molecule has 2 amide bonds. The van der Waals surface area contributed by atoms with E-state index in [1.807, 2.05) is 0 Å². The Kier molecular flexibility index (Phi) is 7.28. The number of hydrogen-bond acceptors (Lipinski definition) is 13. The number of rotatable bonds is 9. The van der Waals surface area contributed by atoms with Crippen LogP contribution in [0, 0.1) is 0 Å². The molecular formula is C18H18N8O5S3. The number of nitrogens with zero attached hydrogens (tertiary/aromatic N) is 6. The maximum Gasteiger partial charge on any atom is 0.352 e. The third-order valence-electron chi connectivity index (χ3n) is 4.64. The fourth-order valence-electron chi connectivity index (χ4n) is 3.18. The van der Waals surface area contributed by atoms with Crippen molar-refractivity contribution in [3.8, 4) is 0 Å². The zero-order valence-electron chi connectivity index (χ0n) is 17.6. The number of oxime groups is 1. The van der Waals surface area contributed by atoms with E-state index < -0.39 is 29.2 Å². The van der Waals surface area contributed by atoms with Crippen LogP contribution in [0.2, 0.25) is 0 Å². The zero-order valence-corrected chi connectivity index (χ0v) is 20.0. The van der Waals surface area contributed by atoms with Crippen LogP contribution in [0.15, 0.2) is 38.5 Å². The van der Waals surface area contributed by atoms with Gasteiger partial charge in [-0.15, -0.1) is 22.0 Å². The van der Waals surface area contributed by atoms with Gasteiger partial charge < -0.3 is 21.0 Å². The van der Waals surface area contributed by atoms with E-state index in [2.05, 4.69) is 30.6 Å². The Morgan fingerprint density at radius 2 is 2.29 bits per heavy atom. The Labute approximate surface area is 205 Å². The minimum Gasteiger partial charge on any atom is -0.477 e. The van der Waals surface area contributed by atoms with Gasteiger partial charge in [0.05, 0.1) is 0 Å². The highest BCUT2D eigenvalue weighted by Gasteiger charge is 2.54. The maximum absolute atomic E-state index is 12.9. The van der Waals surface area contributed by atoms with Gasteiger partial charge in [0.1, 0.15) is 35.0 Å². The molecule has 13 nitrogen and oxygen atoms in total. The van der Waals surface area contributed by atoms with Gasteiger partial charge in [0.2, 0.25) is 5.71 Å². The summed E-state index contributed by atoms with van der Waals surface area (Å²) in [5.41, 5.74) is 7.54. The van der Waals surface area contributed by atoms with E-state index in [-0.39, 0.29) is 29.7 Å². The molecule has 4 N–H and O–H groups in total. The number of carboxylic acids is 1. The maximum atomic E-state index is 12.9. The van der Waals surface area contributed by atoms with Crippen LogP contribution < -0.4 is 11.1 Å². The lowest BCUT2D eigenvalue weighted by Crippen LogP contribution is -2.71. The van der Waals surface area contributed by atoms with Crippen molar-refractivity contribution < 1.29 is 24.3 Å². The normalized spacial score (nSPS) is 20.0. The van der Waals surface area contributed by atoms with E-state index in [1.54, 1.807) is 12.4 Å².